The summed E-state index contributed by atoms with van der Waals surface area (Å²) in [7, 11) is 0. The standard InChI is InChI=1S/C17H24N4/c1-12(2)18-10-8-16-13(3)20-17(21-14(16)4)11-15-7-5-6-9-19-15/h5-7,9,12,18H,8,10-11H2,1-4H3. The molecule has 2 aromatic rings. The Balaban J connectivity index is 2.09. The van der Waals surface area contributed by atoms with E-state index in [0.717, 1.165) is 35.9 Å². The summed E-state index contributed by atoms with van der Waals surface area (Å²) in [5.74, 6) is 0.851. The number of aromatic nitrogens is 3. The molecule has 0 fully saturated rings. The van der Waals surface area contributed by atoms with Gasteiger partial charge in [0, 0.05) is 29.3 Å². The maximum absolute atomic E-state index is 4.65. The van der Waals surface area contributed by atoms with Crippen LogP contribution in [-0.4, -0.2) is 27.5 Å². The second kappa shape index (κ2) is 7.27. The molecular formula is C17H24N4. The molecule has 0 saturated carbocycles. The smallest absolute Gasteiger partial charge is 0.134 e. The van der Waals surface area contributed by atoms with Crippen LogP contribution in [0.5, 0.6) is 0 Å². The molecule has 1 N–H and O–H groups in total. The van der Waals surface area contributed by atoms with Crippen LogP contribution in [0, 0.1) is 13.8 Å². The van der Waals surface area contributed by atoms with Crippen LogP contribution in [0.4, 0.5) is 0 Å². The summed E-state index contributed by atoms with van der Waals surface area (Å²) in [5.41, 5.74) is 4.43. The van der Waals surface area contributed by atoms with Crippen molar-refractivity contribution in [3.05, 3.63) is 52.9 Å². The fourth-order valence-corrected chi connectivity index (χ4v) is 2.40. The van der Waals surface area contributed by atoms with Crippen molar-refractivity contribution < 1.29 is 0 Å². The van der Waals surface area contributed by atoms with E-state index in [2.05, 4.69) is 48.0 Å². The van der Waals surface area contributed by atoms with E-state index in [9.17, 15) is 0 Å². The normalized spacial score (nSPS) is 11.1. The van der Waals surface area contributed by atoms with Crippen molar-refractivity contribution in [3.63, 3.8) is 0 Å². The zero-order valence-electron chi connectivity index (χ0n) is 13.3. The van der Waals surface area contributed by atoms with Gasteiger partial charge in [0.2, 0.25) is 0 Å². The SMILES string of the molecule is Cc1nc(Cc2ccccn2)nc(C)c1CCNC(C)C. The Kier molecular flexibility index (Phi) is 5.39. The van der Waals surface area contributed by atoms with E-state index in [0.29, 0.717) is 12.5 Å². The third kappa shape index (κ3) is 4.60. The van der Waals surface area contributed by atoms with Crippen LogP contribution >= 0.6 is 0 Å². The molecule has 0 radical (unpaired) electrons. The van der Waals surface area contributed by atoms with Gasteiger partial charge in [0.25, 0.3) is 0 Å². The zero-order valence-corrected chi connectivity index (χ0v) is 13.3. The third-order valence-corrected chi connectivity index (χ3v) is 3.46. The predicted octanol–water partition coefficient (Wildman–Crippen LogP) is 2.62. The molecule has 4 nitrogen and oxygen atoms in total. The molecule has 0 saturated heterocycles. The van der Waals surface area contributed by atoms with Gasteiger partial charge in [-0.2, -0.15) is 0 Å². The van der Waals surface area contributed by atoms with E-state index in [1.165, 1.54) is 5.56 Å². The van der Waals surface area contributed by atoms with E-state index >= 15 is 0 Å². The molecule has 21 heavy (non-hydrogen) atoms. The van der Waals surface area contributed by atoms with Crippen molar-refractivity contribution in [3.8, 4) is 0 Å². The molecule has 0 aliphatic carbocycles. The van der Waals surface area contributed by atoms with Gasteiger partial charge in [0.15, 0.2) is 0 Å². The molecule has 0 unspecified atom stereocenters. The highest BCUT2D eigenvalue weighted by atomic mass is 14.9. The molecule has 0 spiro atoms. The number of aryl methyl sites for hydroxylation is 2. The number of pyridine rings is 1. The highest BCUT2D eigenvalue weighted by Crippen LogP contribution is 2.12. The topological polar surface area (TPSA) is 50.7 Å². The molecule has 2 aromatic heterocycles. The maximum atomic E-state index is 4.65. The summed E-state index contributed by atoms with van der Waals surface area (Å²) in [4.78, 5) is 13.6. The maximum Gasteiger partial charge on any atom is 0.134 e. The Morgan fingerprint density at radius 2 is 1.81 bits per heavy atom. The average Bonchev–Trinajstić information content (AvgIpc) is 2.42. The summed E-state index contributed by atoms with van der Waals surface area (Å²) < 4.78 is 0. The number of hydrogen-bond donors (Lipinski definition) is 1. The first-order valence-electron chi connectivity index (χ1n) is 7.52. The summed E-state index contributed by atoms with van der Waals surface area (Å²) in [6.07, 6.45) is 3.47. The second-order valence-corrected chi connectivity index (χ2v) is 5.65. The van der Waals surface area contributed by atoms with Crippen molar-refractivity contribution in [2.75, 3.05) is 6.54 Å². The fourth-order valence-electron chi connectivity index (χ4n) is 2.40. The van der Waals surface area contributed by atoms with Crippen molar-refractivity contribution in [1.82, 2.24) is 20.3 Å². The Hall–Kier alpha value is -1.81. The van der Waals surface area contributed by atoms with Gasteiger partial charge in [-0.3, -0.25) is 4.98 Å². The molecule has 0 aromatic carbocycles. The number of rotatable bonds is 6. The van der Waals surface area contributed by atoms with Gasteiger partial charge < -0.3 is 5.32 Å². The van der Waals surface area contributed by atoms with E-state index in [1.54, 1.807) is 6.20 Å². The first kappa shape index (κ1) is 15.6. The van der Waals surface area contributed by atoms with Crippen molar-refractivity contribution in [2.24, 2.45) is 0 Å². The molecular weight excluding hydrogens is 260 g/mol. The van der Waals surface area contributed by atoms with Gasteiger partial charge >= 0.3 is 0 Å². The van der Waals surface area contributed by atoms with Crippen molar-refractivity contribution in [1.29, 1.82) is 0 Å². The van der Waals surface area contributed by atoms with Gasteiger partial charge in [0.1, 0.15) is 5.82 Å². The van der Waals surface area contributed by atoms with Gasteiger partial charge in [-0.25, -0.2) is 9.97 Å². The van der Waals surface area contributed by atoms with Gasteiger partial charge in [-0.15, -0.1) is 0 Å². The minimum Gasteiger partial charge on any atom is -0.314 e. The third-order valence-electron chi connectivity index (χ3n) is 3.46. The zero-order chi connectivity index (χ0) is 15.2. The Morgan fingerprint density at radius 1 is 1.10 bits per heavy atom. The van der Waals surface area contributed by atoms with Crippen LogP contribution in [0.1, 0.15) is 42.3 Å². The minimum absolute atomic E-state index is 0.509. The molecule has 0 aliphatic heterocycles. The lowest BCUT2D eigenvalue weighted by atomic mass is 10.1. The van der Waals surface area contributed by atoms with E-state index in [1.807, 2.05) is 18.2 Å². The van der Waals surface area contributed by atoms with Crippen LogP contribution in [0.2, 0.25) is 0 Å². The van der Waals surface area contributed by atoms with Crippen LogP contribution in [-0.2, 0) is 12.8 Å². The average molecular weight is 284 g/mol. The molecule has 112 valence electrons. The molecule has 0 amide bonds. The summed E-state index contributed by atoms with van der Waals surface area (Å²) >= 11 is 0. The molecule has 0 aliphatic rings. The summed E-state index contributed by atoms with van der Waals surface area (Å²) in [5, 5.41) is 3.44. The molecule has 0 bridgehead atoms. The Labute approximate surface area is 127 Å². The molecule has 2 rings (SSSR count). The van der Waals surface area contributed by atoms with Crippen LogP contribution in [0.3, 0.4) is 0 Å². The van der Waals surface area contributed by atoms with Crippen molar-refractivity contribution >= 4 is 0 Å². The fraction of sp³-hybridized carbons (Fsp3) is 0.471. The summed E-state index contributed by atoms with van der Waals surface area (Å²) in [6, 6.07) is 6.43. The van der Waals surface area contributed by atoms with Gasteiger partial charge in [-0.05, 0) is 44.5 Å². The Bertz CT molecular complexity index is 556. The largest absolute Gasteiger partial charge is 0.314 e. The molecule has 4 heteroatoms. The highest BCUT2D eigenvalue weighted by Gasteiger charge is 2.09. The molecule has 2 heterocycles. The number of nitrogens with zero attached hydrogens (tertiary/aromatic N) is 3. The van der Waals surface area contributed by atoms with Crippen molar-refractivity contribution in [2.45, 2.75) is 46.6 Å². The van der Waals surface area contributed by atoms with Gasteiger partial charge in [0.05, 0.1) is 6.42 Å². The van der Waals surface area contributed by atoms with Gasteiger partial charge in [-0.1, -0.05) is 19.9 Å². The molecule has 0 atom stereocenters. The van der Waals surface area contributed by atoms with Crippen LogP contribution in [0.15, 0.2) is 24.4 Å². The number of hydrogen-bond acceptors (Lipinski definition) is 4. The minimum atomic E-state index is 0.509. The van der Waals surface area contributed by atoms with E-state index in [-0.39, 0.29) is 0 Å². The first-order valence-corrected chi connectivity index (χ1v) is 7.52. The lowest BCUT2D eigenvalue weighted by molar-refractivity contribution is 0.587. The van der Waals surface area contributed by atoms with E-state index in [4.69, 9.17) is 0 Å². The lowest BCUT2D eigenvalue weighted by Gasteiger charge is -2.12. The number of nitrogens with one attached hydrogen (secondary N) is 1. The second-order valence-electron chi connectivity index (χ2n) is 5.65. The quantitative estimate of drug-likeness (QED) is 0.886. The monoisotopic (exact) mass is 284 g/mol. The predicted molar refractivity (Wildman–Crippen MR) is 85.4 cm³/mol. The van der Waals surface area contributed by atoms with Crippen LogP contribution in [0.25, 0.3) is 0 Å². The summed E-state index contributed by atoms with van der Waals surface area (Å²) in [6.45, 7) is 9.42. The lowest BCUT2D eigenvalue weighted by Crippen LogP contribution is -2.25. The first-order chi connectivity index (χ1) is 10.1. The Morgan fingerprint density at radius 3 is 2.38 bits per heavy atom. The van der Waals surface area contributed by atoms with E-state index < -0.39 is 0 Å². The highest BCUT2D eigenvalue weighted by molar-refractivity contribution is 5.25. The van der Waals surface area contributed by atoms with Crippen LogP contribution < -0.4 is 5.32 Å².